The SMILES string of the molecule is COC(=O)c1ccc(OC)c(S(=O)(=O)NC[C@@H](c2ccco2)c2cccs2)c1. The Labute approximate surface area is 167 Å². The number of methoxy groups -OCH3 is 2. The number of hydrogen-bond donors (Lipinski definition) is 1. The van der Waals surface area contributed by atoms with Crippen LogP contribution in [0.15, 0.2) is 63.4 Å². The summed E-state index contributed by atoms with van der Waals surface area (Å²) < 4.78 is 43.8. The molecule has 0 radical (unpaired) electrons. The molecule has 1 N–H and O–H groups in total. The zero-order valence-corrected chi connectivity index (χ0v) is 16.9. The fourth-order valence-corrected chi connectivity index (χ4v) is 4.80. The van der Waals surface area contributed by atoms with Gasteiger partial charge in [0.2, 0.25) is 10.0 Å². The summed E-state index contributed by atoms with van der Waals surface area (Å²) in [5.74, 6) is -0.128. The van der Waals surface area contributed by atoms with E-state index in [1.807, 2.05) is 17.5 Å². The average Bonchev–Trinajstić information content (AvgIpc) is 3.41. The van der Waals surface area contributed by atoms with Crippen LogP contribution >= 0.6 is 11.3 Å². The number of hydrogen-bond acceptors (Lipinski definition) is 7. The van der Waals surface area contributed by atoms with Gasteiger partial charge in [-0.3, -0.25) is 0 Å². The van der Waals surface area contributed by atoms with E-state index in [4.69, 9.17) is 9.15 Å². The lowest BCUT2D eigenvalue weighted by molar-refractivity contribution is 0.0600. The van der Waals surface area contributed by atoms with Crippen LogP contribution < -0.4 is 9.46 Å². The van der Waals surface area contributed by atoms with Crippen LogP contribution in [0, 0.1) is 0 Å². The lowest BCUT2D eigenvalue weighted by Gasteiger charge is -2.16. The van der Waals surface area contributed by atoms with Crippen LogP contribution in [0.25, 0.3) is 0 Å². The molecule has 1 atom stereocenters. The molecule has 9 heteroatoms. The van der Waals surface area contributed by atoms with Gasteiger partial charge in [0.25, 0.3) is 0 Å². The van der Waals surface area contributed by atoms with Crippen LogP contribution in [0.2, 0.25) is 0 Å². The second kappa shape index (κ2) is 8.59. The molecule has 3 aromatic rings. The van der Waals surface area contributed by atoms with Crippen molar-refractivity contribution in [2.24, 2.45) is 0 Å². The van der Waals surface area contributed by atoms with Gasteiger partial charge >= 0.3 is 5.97 Å². The summed E-state index contributed by atoms with van der Waals surface area (Å²) in [4.78, 5) is 12.6. The van der Waals surface area contributed by atoms with Gasteiger partial charge in [-0.1, -0.05) is 6.07 Å². The van der Waals surface area contributed by atoms with E-state index in [1.54, 1.807) is 18.4 Å². The fourth-order valence-electron chi connectivity index (χ4n) is 2.72. The zero-order valence-electron chi connectivity index (χ0n) is 15.2. The molecular formula is C19H19NO6S2. The van der Waals surface area contributed by atoms with Crippen molar-refractivity contribution >= 4 is 27.3 Å². The summed E-state index contributed by atoms with van der Waals surface area (Å²) in [7, 11) is -1.37. The third kappa shape index (κ3) is 4.27. The van der Waals surface area contributed by atoms with Gasteiger partial charge in [0.15, 0.2) is 0 Å². The molecule has 28 heavy (non-hydrogen) atoms. The van der Waals surface area contributed by atoms with Crippen molar-refractivity contribution in [3.63, 3.8) is 0 Å². The van der Waals surface area contributed by atoms with Gasteiger partial charge < -0.3 is 13.9 Å². The third-order valence-corrected chi connectivity index (χ3v) is 6.56. The Kier molecular flexibility index (Phi) is 6.18. The van der Waals surface area contributed by atoms with Gasteiger partial charge in [-0.25, -0.2) is 17.9 Å². The van der Waals surface area contributed by atoms with Gasteiger partial charge in [0.05, 0.1) is 32.0 Å². The van der Waals surface area contributed by atoms with Crippen LogP contribution in [0.5, 0.6) is 5.75 Å². The Morgan fingerprint density at radius 1 is 1.21 bits per heavy atom. The number of rotatable bonds is 8. The smallest absolute Gasteiger partial charge is 0.337 e. The molecule has 148 valence electrons. The van der Waals surface area contributed by atoms with Crippen molar-refractivity contribution in [3.8, 4) is 5.75 Å². The summed E-state index contributed by atoms with van der Waals surface area (Å²) in [6.45, 7) is 0.0853. The maximum Gasteiger partial charge on any atom is 0.337 e. The average molecular weight is 421 g/mol. The maximum absolute atomic E-state index is 12.9. The number of carbonyl (C=O) groups is 1. The molecule has 0 amide bonds. The second-order valence-electron chi connectivity index (χ2n) is 5.79. The second-order valence-corrected chi connectivity index (χ2v) is 8.51. The molecule has 2 heterocycles. The molecule has 0 aliphatic carbocycles. The molecule has 0 aliphatic rings. The van der Waals surface area contributed by atoms with Crippen LogP contribution in [-0.2, 0) is 14.8 Å². The quantitative estimate of drug-likeness (QED) is 0.561. The number of furan rings is 1. The lowest BCUT2D eigenvalue weighted by atomic mass is 10.1. The molecule has 7 nitrogen and oxygen atoms in total. The summed E-state index contributed by atoms with van der Waals surface area (Å²) >= 11 is 1.51. The fraction of sp³-hybridized carbons (Fsp3) is 0.211. The van der Waals surface area contributed by atoms with Gasteiger partial charge in [-0.15, -0.1) is 11.3 Å². The Morgan fingerprint density at radius 3 is 2.64 bits per heavy atom. The zero-order chi connectivity index (χ0) is 20.1. The van der Waals surface area contributed by atoms with Gasteiger partial charge in [-0.2, -0.15) is 0 Å². The van der Waals surface area contributed by atoms with Crippen LogP contribution in [0.4, 0.5) is 0 Å². The number of ether oxygens (including phenoxy) is 2. The predicted molar refractivity (Wildman–Crippen MR) is 104 cm³/mol. The van der Waals surface area contributed by atoms with E-state index in [9.17, 15) is 13.2 Å². The van der Waals surface area contributed by atoms with E-state index in [1.165, 1.54) is 43.8 Å². The lowest BCUT2D eigenvalue weighted by Crippen LogP contribution is -2.29. The molecule has 0 fully saturated rings. The highest BCUT2D eigenvalue weighted by molar-refractivity contribution is 7.89. The van der Waals surface area contributed by atoms with Crippen molar-refractivity contribution in [2.75, 3.05) is 20.8 Å². The van der Waals surface area contributed by atoms with Crippen molar-refractivity contribution in [1.82, 2.24) is 4.72 Å². The number of benzene rings is 1. The van der Waals surface area contributed by atoms with E-state index < -0.39 is 16.0 Å². The van der Waals surface area contributed by atoms with E-state index >= 15 is 0 Å². The van der Waals surface area contributed by atoms with E-state index in [2.05, 4.69) is 9.46 Å². The Balaban J connectivity index is 1.90. The molecule has 1 aromatic carbocycles. The number of sulfonamides is 1. The van der Waals surface area contributed by atoms with Crippen molar-refractivity contribution in [3.05, 3.63) is 70.3 Å². The highest BCUT2D eigenvalue weighted by atomic mass is 32.2. The largest absolute Gasteiger partial charge is 0.495 e. The topological polar surface area (TPSA) is 94.8 Å². The summed E-state index contributed by atoms with van der Waals surface area (Å²) in [5.41, 5.74) is 0.115. The molecule has 0 saturated heterocycles. The number of thiophene rings is 1. The van der Waals surface area contributed by atoms with Crippen molar-refractivity contribution in [1.29, 1.82) is 0 Å². The minimum Gasteiger partial charge on any atom is -0.495 e. The van der Waals surface area contributed by atoms with Gasteiger partial charge in [-0.05, 0) is 41.8 Å². The molecule has 0 saturated carbocycles. The maximum atomic E-state index is 12.9. The number of esters is 1. The molecule has 2 aromatic heterocycles. The molecule has 0 spiro atoms. The molecule has 0 unspecified atom stereocenters. The number of nitrogens with one attached hydrogen (secondary N) is 1. The van der Waals surface area contributed by atoms with Gasteiger partial charge in [0, 0.05) is 11.4 Å². The Hall–Kier alpha value is -2.62. The molecule has 0 aliphatic heterocycles. The number of carbonyl (C=O) groups excluding carboxylic acids is 1. The van der Waals surface area contributed by atoms with Gasteiger partial charge in [0.1, 0.15) is 16.4 Å². The predicted octanol–water partition coefficient (Wildman–Crippen LogP) is 3.25. The summed E-state index contributed by atoms with van der Waals surface area (Å²) in [5, 5.41) is 1.92. The summed E-state index contributed by atoms with van der Waals surface area (Å²) in [6.07, 6.45) is 1.55. The minimum absolute atomic E-state index is 0.0853. The Bertz CT molecular complexity index is 992. The first-order chi connectivity index (χ1) is 13.5. The van der Waals surface area contributed by atoms with Crippen molar-refractivity contribution in [2.45, 2.75) is 10.8 Å². The van der Waals surface area contributed by atoms with E-state index in [0.29, 0.717) is 5.76 Å². The van der Waals surface area contributed by atoms with Crippen LogP contribution in [0.1, 0.15) is 26.9 Å². The third-order valence-electron chi connectivity index (χ3n) is 4.12. The van der Waals surface area contributed by atoms with E-state index in [-0.39, 0.29) is 28.7 Å². The first kappa shape index (κ1) is 20.1. The summed E-state index contributed by atoms with van der Waals surface area (Å²) in [6, 6.07) is 11.5. The first-order valence-electron chi connectivity index (χ1n) is 8.29. The molecule has 3 rings (SSSR count). The normalized spacial score (nSPS) is 12.5. The molecule has 0 bridgehead atoms. The van der Waals surface area contributed by atoms with Crippen LogP contribution in [0.3, 0.4) is 0 Å². The highest BCUT2D eigenvalue weighted by Gasteiger charge is 2.25. The van der Waals surface area contributed by atoms with Crippen molar-refractivity contribution < 1.29 is 27.1 Å². The van der Waals surface area contributed by atoms with E-state index in [0.717, 1.165) is 4.88 Å². The monoisotopic (exact) mass is 421 g/mol. The molecular weight excluding hydrogens is 402 g/mol. The Morgan fingerprint density at radius 2 is 2.04 bits per heavy atom. The highest BCUT2D eigenvalue weighted by Crippen LogP contribution is 2.30. The minimum atomic E-state index is -3.96. The standard InChI is InChI=1S/C19H19NO6S2/c1-24-16-8-7-13(19(21)25-2)11-18(16)28(22,23)20-12-14(15-5-3-9-26-15)17-6-4-10-27-17/h3-11,14,20H,12H2,1-2H3/t14-/m0/s1. The van der Waals surface area contributed by atoms with Crippen LogP contribution in [-0.4, -0.2) is 35.2 Å². The first-order valence-corrected chi connectivity index (χ1v) is 10.7.